The van der Waals surface area contributed by atoms with Crippen LogP contribution in [0.25, 0.3) is 0 Å². The third kappa shape index (κ3) is 6.22. The SMILES string of the molecule is CCCCCCCCC(=O)Nc1ccn(C2COC(CO)O2)c(=O)n1. The Morgan fingerprint density at radius 1 is 1.36 bits per heavy atom. The van der Waals surface area contributed by atoms with Crippen LogP contribution in [0, 0.1) is 0 Å². The molecule has 1 aromatic heterocycles. The van der Waals surface area contributed by atoms with Gasteiger partial charge in [-0.05, 0) is 12.5 Å². The number of ether oxygens (including phenoxy) is 2. The van der Waals surface area contributed by atoms with Gasteiger partial charge < -0.3 is 19.9 Å². The lowest BCUT2D eigenvalue weighted by molar-refractivity contribution is -0.116. The minimum absolute atomic E-state index is 0.138. The fourth-order valence-electron chi connectivity index (χ4n) is 2.66. The van der Waals surface area contributed by atoms with Crippen molar-refractivity contribution in [2.24, 2.45) is 0 Å². The van der Waals surface area contributed by atoms with Gasteiger partial charge in [0, 0.05) is 12.6 Å². The smallest absolute Gasteiger partial charge is 0.351 e. The van der Waals surface area contributed by atoms with Gasteiger partial charge >= 0.3 is 5.69 Å². The van der Waals surface area contributed by atoms with E-state index < -0.39 is 18.2 Å². The Morgan fingerprint density at radius 2 is 2.12 bits per heavy atom. The second-order valence-electron chi connectivity index (χ2n) is 6.10. The Bertz CT molecular complexity index is 604. The molecule has 1 aromatic rings. The number of rotatable bonds is 10. The van der Waals surface area contributed by atoms with Crippen LogP contribution in [0.4, 0.5) is 5.82 Å². The number of carbonyl (C=O) groups is 1. The Labute approximate surface area is 147 Å². The summed E-state index contributed by atoms with van der Waals surface area (Å²) in [6, 6.07) is 1.55. The first-order valence-electron chi connectivity index (χ1n) is 8.91. The van der Waals surface area contributed by atoms with Crippen LogP contribution in [0.2, 0.25) is 0 Å². The monoisotopic (exact) mass is 353 g/mol. The van der Waals surface area contributed by atoms with Gasteiger partial charge in [-0.2, -0.15) is 4.98 Å². The summed E-state index contributed by atoms with van der Waals surface area (Å²) in [7, 11) is 0. The zero-order chi connectivity index (χ0) is 18.1. The van der Waals surface area contributed by atoms with Crippen LogP contribution in [0.15, 0.2) is 17.1 Å². The van der Waals surface area contributed by atoms with Gasteiger partial charge in [-0.1, -0.05) is 39.0 Å². The zero-order valence-electron chi connectivity index (χ0n) is 14.6. The third-order valence-electron chi connectivity index (χ3n) is 4.05. The third-order valence-corrected chi connectivity index (χ3v) is 4.05. The molecule has 2 heterocycles. The normalized spacial score (nSPS) is 19.9. The van der Waals surface area contributed by atoms with Crippen LogP contribution in [-0.2, 0) is 14.3 Å². The average Bonchev–Trinajstić information content (AvgIpc) is 3.07. The van der Waals surface area contributed by atoms with E-state index in [4.69, 9.17) is 14.6 Å². The summed E-state index contributed by atoms with van der Waals surface area (Å²) in [6.45, 7) is 2.06. The van der Waals surface area contributed by atoms with Gasteiger partial charge in [0.15, 0.2) is 12.5 Å². The Morgan fingerprint density at radius 3 is 2.80 bits per heavy atom. The van der Waals surface area contributed by atoms with Crippen molar-refractivity contribution >= 4 is 11.7 Å². The lowest BCUT2D eigenvalue weighted by atomic mass is 10.1. The van der Waals surface area contributed by atoms with Gasteiger partial charge in [0.2, 0.25) is 5.91 Å². The van der Waals surface area contributed by atoms with Crippen LogP contribution in [0.5, 0.6) is 0 Å². The van der Waals surface area contributed by atoms with Crippen LogP contribution < -0.4 is 11.0 Å². The maximum atomic E-state index is 12.1. The molecule has 0 bridgehead atoms. The highest BCUT2D eigenvalue weighted by molar-refractivity contribution is 5.89. The van der Waals surface area contributed by atoms with E-state index in [1.807, 2.05) is 0 Å². The topological polar surface area (TPSA) is 103 Å². The second kappa shape index (κ2) is 10.3. The highest BCUT2D eigenvalue weighted by atomic mass is 16.7. The summed E-state index contributed by atoms with van der Waals surface area (Å²) in [5.74, 6) is 0.0933. The lowest BCUT2D eigenvalue weighted by Gasteiger charge is -2.12. The van der Waals surface area contributed by atoms with E-state index >= 15 is 0 Å². The quantitative estimate of drug-likeness (QED) is 0.622. The van der Waals surface area contributed by atoms with Gasteiger partial charge in [0.25, 0.3) is 0 Å². The molecule has 8 heteroatoms. The number of aliphatic hydroxyl groups excluding tert-OH is 1. The molecule has 2 atom stereocenters. The van der Waals surface area contributed by atoms with Crippen molar-refractivity contribution in [3.63, 3.8) is 0 Å². The number of carbonyl (C=O) groups excluding carboxylic acids is 1. The van der Waals surface area contributed by atoms with Crippen molar-refractivity contribution in [1.29, 1.82) is 0 Å². The molecule has 25 heavy (non-hydrogen) atoms. The fourth-order valence-corrected chi connectivity index (χ4v) is 2.66. The predicted molar refractivity (Wildman–Crippen MR) is 92.1 cm³/mol. The van der Waals surface area contributed by atoms with Gasteiger partial charge in [-0.3, -0.25) is 9.36 Å². The molecule has 2 N–H and O–H groups in total. The summed E-state index contributed by atoms with van der Waals surface area (Å²) in [5.41, 5.74) is -0.537. The molecule has 2 rings (SSSR count). The van der Waals surface area contributed by atoms with Crippen molar-refractivity contribution in [1.82, 2.24) is 9.55 Å². The molecule has 1 fully saturated rings. The summed E-state index contributed by atoms with van der Waals surface area (Å²) < 4.78 is 11.8. The minimum atomic E-state index is -0.728. The summed E-state index contributed by atoms with van der Waals surface area (Å²) >= 11 is 0. The molecule has 1 aliphatic rings. The van der Waals surface area contributed by atoms with Crippen molar-refractivity contribution in [3.05, 3.63) is 22.7 Å². The van der Waals surface area contributed by atoms with Gasteiger partial charge in [0.05, 0.1) is 13.2 Å². The number of aromatic nitrogens is 2. The largest absolute Gasteiger partial charge is 0.391 e. The molecule has 0 aromatic carbocycles. The number of hydrogen-bond donors (Lipinski definition) is 2. The number of anilines is 1. The van der Waals surface area contributed by atoms with Crippen LogP contribution in [0.3, 0.4) is 0 Å². The van der Waals surface area contributed by atoms with Gasteiger partial charge in [-0.15, -0.1) is 0 Å². The van der Waals surface area contributed by atoms with E-state index in [-0.39, 0.29) is 24.9 Å². The Balaban J connectivity index is 1.78. The molecule has 0 saturated carbocycles. The van der Waals surface area contributed by atoms with E-state index in [9.17, 15) is 9.59 Å². The molecule has 1 aliphatic heterocycles. The molecule has 8 nitrogen and oxygen atoms in total. The Kier molecular flexibility index (Phi) is 8.03. The molecule has 140 valence electrons. The van der Waals surface area contributed by atoms with E-state index in [1.165, 1.54) is 30.0 Å². The predicted octanol–water partition coefficient (Wildman–Crippen LogP) is 1.80. The zero-order valence-corrected chi connectivity index (χ0v) is 14.6. The minimum Gasteiger partial charge on any atom is -0.391 e. The van der Waals surface area contributed by atoms with Crippen molar-refractivity contribution in [2.75, 3.05) is 18.5 Å². The molecule has 2 unspecified atom stereocenters. The van der Waals surface area contributed by atoms with E-state index in [0.717, 1.165) is 19.3 Å². The van der Waals surface area contributed by atoms with Crippen LogP contribution >= 0.6 is 0 Å². The number of unbranched alkanes of at least 4 members (excludes halogenated alkanes) is 5. The maximum Gasteiger partial charge on any atom is 0.351 e. The van der Waals surface area contributed by atoms with Crippen molar-refractivity contribution in [3.8, 4) is 0 Å². The number of amides is 1. The van der Waals surface area contributed by atoms with Gasteiger partial charge in [-0.25, -0.2) is 4.79 Å². The highest BCUT2D eigenvalue weighted by Crippen LogP contribution is 2.19. The molecule has 1 amide bonds. The second-order valence-corrected chi connectivity index (χ2v) is 6.10. The number of nitrogens with zero attached hydrogens (tertiary/aromatic N) is 2. The molecular formula is C17H27N3O5. The fraction of sp³-hybridized carbons (Fsp3) is 0.706. The standard InChI is InChI=1S/C17H27N3O5/c1-2-3-4-5-6-7-8-14(22)18-13-9-10-20(17(23)19-13)15-12-24-16(11-21)25-15/h9-10,15-16,21H,2-8,11-12H2,1H3,(H,18,19,22,23). The lowest BCUT2D eigenvalue weighted by Crippen LogP contribution is -2.29. The maximum absolute atomic E-state index is 12.1. The van der Waals surface area contributed by atoms with E-state index in [1.54, 1.807) is 6.07 Å². The molecule has 1 saturated heterocycles. The highest BCUT2D eigenvalue weighted by Gasteiger charge is 2.27. The number of aliphatic hydroxyl groups is 1. The number of hydrogen-bond acceptors (Lipinski definition) is 6. The van der Waals surface area contributed by atoms with Crippen LogP contribution in [-0.4, -0.2) is 40.1 Å². The molecule has 0 aliphatic carbocycles. The molecular weight excluding hydrogens is 326 g/mol. The first-order chi connectivity index (χ1) is 12.1. The summed E-state index contributed by atoms with van der Waals surface area (Å²) in [4.78, 5) is 27.8. The first kappa shape index (κ1) is 19.6. The number of nitrogens with one attached hydrogen (secondary N) is 1. The average molecular weight is 353 g/mol. The van der Waals surface area contributed by atoms with Crippen molar-refractivity contribution < 1.29 is 19.4 Å². The summed E-state index contributed by atoms with van der Waals surface area (Å²) in [6.07, 6.45) is 7.25. The molecule has 0 spiro atoms. The van der Waals surface area contributed by atoms with Gasteiger partial charge in [0.1, 0.15) is 5.82 Å². The first-order valence-corrected chi connectivity index (χ1v) is 8.91. The molecule has 0 radical (unpaired) electrons. The summed E-state index contributed by atoms with van der Waals surface area (Å²) in [5, 5.41) is 11.6. The van der Waals surface area contributed by atoms with E-state index in [2.05, 4.69) is 17.2 Å². The van der Waals surface area contributed by atoms with Crippen molar-refractivity contribution in [2.45, 2.75) is 64.4 Å². The van der Waals surface area contributed by atoms with Crippen LogP contribution in [0.1, 0.15) is 58.1 Å². The van der Waals surface area contributed by atoms with E-state index in [0.29, 0.717) is 6.42 Å². The Hall–Kier alpha value is -1.77.